The molecule has 0 saturated carbocycles. The number of nitrogens with one attached hydrogen (secondary N) is 1. The molecule has 0 aliphatic rings. The van der Waals surface area contributed by atoms with E-state index in [0.29, 0.717) is 12.0 Å². The third-order valence-corrected chi connectivity index (χ3v) is 3.16. The normalized spacial score (nSPS) is 10.9. The van der Waals surface area contributed by atoms with Gasteiger partial charge in [0.05, 0.1) is 10.6 Å². The number of hydrogen-bond donors (Lipinski definition) is 1. The van der Waals surface area contributed by atoms with Crippen molar-refractivity contribution in [2.75, 3.05) is 19.0 Å². The van der Waals surface area contributed by atoms with E-state index in [1.54, 1.807) is 7.05 Å². The number of aldehydes is 1. The van der Waals surface area contributed by atoms with E-state index in [1.807, 2.05) is 0 Å². The highest BCUT2D eigenvalue weighted by Gasteiger charge is 2.13. The van der Waals surface area contributed by atoms with Gasteiger partial charge >= 0.3 is 0 Å². The van der Waals surface area contributed by atoms with Crippen LogP contribution in [0.1, 0.15) is 0 Å². The van der Waals surface area contributed by atoms with Crippen LogP contribution in [0.5, 0.6) is 5.75 Å². The summed E-state index contributed by atoms with van der Waals surface area (Å²) < 4.78 is 27.2. The van der Waals surface area contributed by atoms with Gasteiger partial charge < -0.3 is 10.1 Å². The van der Waals surface area contributed by atoms with Gasteiger partial charge in [-0.2, -0.15) is 0 Å². The molecule has 0 fully saturated rings. The van der Waals surface area contributed by atoms with Crippen LogP contribution in [0.25, 0.3) is 0 Å². The molecule has 0 aliphatic heterocycles. The molecule has 5 nitrogen and oxygen atoms in total. The van der Waals surface area contributed by atoms with E-state index in [2.05, 4.69) is 5.32 Å². The lowest BCUT2D eigenvalue weighted by atomic mass is 10.3. The van der Waals surface area contributed by atoms with E-state index in [1.165, 1.54) is 18.2 Å². The number of anilines is 1. The summed E-state index contributed by atoms with van der Waals surface area (Å²) in [7, 11) is 3.04. The number of carbonyl (C=O) groups excluding carboxylic acids is 1. The maximum Gasteiger partial charge on any atom is 0.261 e. The monoisotopic (exact) mass is 263 g/mol. The lowest BCUT2D eigenvalue weighted by molar-refractivity contribution is -0.109. The molecule has 1 rings (SSSR count). The van der Waals surface area contributed by atoms with Crippen LogP contribution in [-0.2, 0) is 13.8 Å². The average Bonchev–Trinajstić information content (AvgIpc) is 2.24. The van der Waals surface area contributed by atoms with Gasteiger partial charge in [-0.3, -0.25) is 4.79 Å². The van der Waals surface area contributed by atoms with Crippen molar-refractivity contribution in [3.63, 3.8) is 0 Å². The molecule has 0 bridgehead atoms. The fraction of sp³-hybridized carbons (Fsp3) is 0.222. The number of benzene rings is 1. The third kappa shape index (κ3) is 3.11. The first-order valence-corrected chi connectivity index (χ1v) is 6.63. The molecule has 16 heavy (non-hydrogen) atoms. The SMILES string of the molecule is CNc1ccc(S(=O)(=O)Cl)cc1OCC=O. The maximum absolute atomic E-state index is 11.1. The van der Waals surface area contributed by atoms with Gasteiger partial charge in [-0.1, -0.05) is 0 Å². The highest BCUT2D eigenvalue weighted by Crippen LogP contribution is 2.28. The van der Waals surface area contributed by atoms with Gasteiger partial charge in [-0.25, -0.2) is 8.42 Å². The number of carbonyl (C=O) groups is 1. The van der Waals surface area contributed by atoms with Crippen LogP contribution in [0, 0.1) is 0 Å². The van der Waals surface area contributed by atoms with Crippen molar-refractivity contribution in [3.8, 4) is 5.75 Å². The minimum Gasteiger partial charge on any atom is -0.484 e. The van der Waals surface area contributed by atoms with Crippen molar-refractivity contribution >= 4 is 31.7 Å². The quantitative estimate of drug-likeness (QED) is 0.639. The summed E-state index contributed by atoms with van der Waals surface area (Å²) >= 11 is 0. The van der Waals surface area contributed by atoms with E-state index < -0.39 is 9.05 Å². The smallest absolute Gasteiger partial charge is 0.261 e. The lowest BCUT2D eigenvalue weighted by Gasteiger charge is -2.09. The summed E-state index contributed by atoms with van der Waals surface area (Å²) in [6.07, 6.45) is 0.571. The average molecular weight is 264 g/mol. The predicted octanol–water partition coefficient (Wildman–Crippen LogP) is 1.23. The lowest BCUT2D eigenvalue weighted by Crippen LogP contribution is -2.02. The van der Waals surface area contributed by atoms with Crippen LogP contribution in [-0.4, -0.2) is 28.4 Å². The fourth-order valence-electron chi connectivity index (χ4n) is 1.10. The number of halogens is 1. The molecule has 0 radical (unpaired) electrons. The molecule has 1 aromatic carbocycles. The number of rotatable bonds is 5. The summed E-state index contributed by atoms with van der Waals surface area (Å²) in [4.78, 5) is 10.1. The van der Waals surface area contributed by atoms with Crippen LogP contribution < -0.4 is 10.1 Å². The van der Waals surface area contributed by atoms with Crippen molar-refractivity contribution in [2.45, 2.75) is 4.90 Å². The maximum atomic E-state index is 11.1. The topological polar surface area (TPSA) is 72.5 Å². The standard InChI is InChI=1S/C9H10ClNO4S/c1-11-8-3-2-7(16(10,13)14)6-9(8)15-5-4-12/h2-4,6,11H,5H2,1H3. The molecule has 0 saturated heterocycles. The second kappa shape index (κ2) is 5.18. The zero-order valence-electron chi connectivity index (χ0n) is 8.44. The van der Waals surface area contributed by atoms with Gasteiger partial charge in [0.1, 0.15) is 12.4 Å². The predicted molar refractivity (Wildman–Crippen MR) is 60.6 cm³/mol. The largest absolute Gasteiger partial charge is 0.484 e. The highest BCUT2D eigenvalue weighted by atomic mass is 35.7. The molecule has 0 spiro atoms. The molecule has 0 unspecified atom stereocenters. The van der Waals surface area contributed by atoms with Crippen molar-refractivity contribution in [2.24, 2.45) is 0 Å². The molecule has 0 heterocycles. The number of ether oxygens (including phenoxy) is 1. The van der Waals surface area contributed by atoms with Gasteiger partial charge in [-0.15, -0.1) is 0 Å². The minimum atomic E-state index is -3.80. The van der Waals surface area contributed by atoms with Crippen LogP contribution in [0.15, 0.2) is 23.1 Å². The van der Waals surface area contributed by atoms with E-state index in [9.17, 15) is 13.2 Å². The molecule has 7 heteroatoms. The Balaban J connectivity index is 3.16. The van der Waals surface area contributed by atoms with Crippen molar-refractivity contribution in [1.82, 2.24) is 0 Å². The summed E-state index contributed by atoms with van der Waals surface area (Å²) in [5.74, 6) is 0.260. The first-order chi connectivity index (χ1) is 7.49. The first-order valence-electron chi connectivity index (χ1n) is 4.32. The molecule has 88 valence electrons. The van der Waals surface area contributed by atoms with Gasteiger partial charge in [0.2, 0.25) is 0 Å². The van der Waals surface area contributed by atoms with E-state index in [-0.39, 0.29) is 17.3 Å². The Morgan fingerprint density at radius 2 is 2.19 bits per heavy atom. The van der Waals surface area contributed by atoms with Crippen molar-refractivity contribution in [1.29, 1.82) is 0 Å². The highest BCUT2D eigenvalue weighted by molar-refractivity contribution is 8.13. The third-order valence-electron chi connectivity index (χ3n) is 1.81. The van der Waals surface area contributed by atoms with Crippen LogP contribution in [0.4, 0.5) is 5.69 Å². The van der Waals surface area contributed by atoms with E-state index in [0.717, 1.165) is 0 Å². The number of hydrogen-bond acceptors (Lipinski definition) is 5. The molecule has 1 N–H and O–H groups in total. The zero-order valence-corrected chi connectivity index (χ0v) is 10.0. The Morgan fingerprint density at radius 3 is 2.69 bits per heavy atom. The second-order valence-electron chi connectivity index (χ2n) is 2.82. The zero-order chi connectivity index (χ0) is 12.2. The second-order valence-corrected chi connectivity index (χ2v) is 5.39. The van der Waals surface area contributed by atoms with Crippen LogP contribution in [0.2, 0.25) is 0 Å². The Bertz CT molecular complexity index is 486. The van der Waals surface area contributed by atoms with Crippen molar-refractivity contribution < 1.29 is 17.9 Å². The Labute approximate surface area is 97.8 Å². The molecule has 0 aliphatic carbocycles. The van der Waals surface area contributed by atoms with Gasteiger partial charge in [0.25, 0.3) is 9.05 Å². The molecule has 0 amide bonds. The molecule has 0 aromatic heterocycles. The fourth-order valence-corrected chi connectivity index (χ4v) is 1.87. The Kier molecular flexibility index (Phi) is 4.14. The van der Waals surface area contributed by atoms with E-state index >= 15 is 0 Å². The van der Waals surface area contributed by atoms with Gasteiger partial charge in [-0.05, 0) is 12.1 Å². The molecular formula is C9H10ClNO4S. The molecule has 0 atom stereocenters. The molecular weight excluding hydrogens is 254 g/mol. The van der Waals surface area contributed by atoms with E-state index in [4.69, 9.17) is 15.4 Å². The summed E-state index contributed by atoms with van der Waals surface area (Å²) in [5, 5.41) is 2.80. The summed E-state index contributed by atoms with van der Waals surface area (Å²) in [6.45, 7) is -0.152. The minimum absolute atomic E-state index is 0.0749. The van der Waals surface area contributed by atoms with Crippen LogP contribution >= 0.6 is 10.7 Å². The Hall–Kier alpha value is -1.27. The van der Waals surface area contributed by atoms with Crippen LogP contribution in [0.3, 0.4) is 0 Å². The van der Waals surface area contributed by atoms with Gasteiger partial charge in [0.15, 0.2) is 6.29 Å². The first kappa shape index (κ1) is 12.8. The van der Waals surface area contributed by atoms with Gasteiger partial charge in [0, 0.05) is 23.8 Å². The van der Waals surface area contributed by atoms with Crippen molar-refractivity contribution in [3.05, 3.63) is 18.2 Å². The summed E-state index contributed by atoms with van der Waals surface area (Å²) in [5.41, 5.74) is 0.575. The Morgan fingerprint density at radius 1 is 1.50 bits per heavy atom. The summed E-state index contributed by atoms with van der Waals surface area (Å²) in [6, 6.07) is 4.12. The molecule has 1 aromatic rings.